The minimum Gasteiger partial charge on any atom is -0.481 e. The van der Waals surface area contributed by atoms with Gasteiger partial charge in [0.1, 0.15) is 0 Å². The molecule has 0 spiro atoms. The Balaban J connectivity index is 2.20. The van der Waals surface area contributed by atoms with E-state index in [9.17, 15) is 9.59 Å². The van der Waals surface area contributed by atoms with Gasteiger partial charge < -0.3 is 10.0 Å². The van der Waals surface area contributed by atoms with Gasteiger partial charge in [-0.3, -0.25) is 14.5 Å². The molecule has 0 bridgehead atoms. The number of aliphatic carboxylic acids is 1. The highest BCUT2D eigenvalue weighted by atomic mass is 16.4. The van der Waals surface area contributed by atoms with Crippen LogP contribution in [0, 0.1) is 5.92 Å². The fourth-order valence-corrected chi connectivity index (χ4v) is 2.17. The van der Waals surface area contributed by atoms with Crippen molar-refractivity contribution in [2.24, 2.45) is 5.92 Å². The Morgan fingerprint density at radius 3 is 2.50 bits per heavy atom. The van der Waals surface area contributed by atoms with E-state index in [1.165, 1.54) is 0 Å². The van der Waals surface area contributed by atoms with Crippen LogP contribution in [0.4, 0.5) is 0 Å². The van der Waals surface area contributed by atoms with Crippen molar-refractivity contribution in [2.75, 3.05) is 33.2 Å². The monoisotopic (exact) mass is 256 g/mol. The van der Waals surface area contributed by atoms with Gasteiger partial charge in [0.2, 0.25) is 5.91 Å². The van der Waals surface area contributed by atoms with Crippen LogP contribution in [0.2, 0.25) is 0 Å². The Bertz CT molecular complexity index is 286. The van der Waals surface area contributed by atoms with Crippen molar-refractivity contribution in [2.45, 2.75) is 32.6 Å². The lowest BCUT2D eigenvalue weighted by Crippen LogP contribution is -2.43. The molecule has 0 saturated carbocycles. The number of rotatable bonds is 6. The lowest BCUT2D eigenvalue weighted by Gasteiger charge is -2.31. The summed E-state index contributed by atoms with van der Waals surface area (Å²) in [5.41, 5.74) is 0. The van der Waals surface area contributed by atoms with Crippen molar-refractivity contribution in [3.8, 4) is 0 Å². The summed E-state index contributed by atoms with van der Waals surface area (Å²) in [4.78, 5) is 26.2. The number of likely N-dealkylation sites (tertiary alicyclic amines) is 1. The summed E-state index contributed by atoms with van der Waals surface area (Å²) in [6, 6.07) is 0. The van der Waals surface area contributed by atoms with E-state index >= 15 is 0 Å². The standard InChI is InChI=1S/C13H24N2O3/c1-11-5-8-15(9-6-11)12(16)10-14(2)7-3-4-13(17)18/h11H,3-10H2,1-2H3,(H,17,18). The summed E-state index contributed by atoms with van der Waals surface area (Å²) in [5, 5.41) is 8.54. The molecule has 0 radical (unpaired) electrons. The molecule has 1 fully saturated rings. The number of hydrogen-bond acceptors (Lipinski definition) is 3. The molecular weight excluding hydrogens is 232 g/mol. The van der Waals surface area contributed by atoms with Crippen LogP contribution in [0.15, 0.2) is 0 Å². The fraction of sp³-hybridized carbons (Fsp3) is 0.846. The number of piperidine rings is 1. The Morgan fingerprint density at radius 1 is 1.33 bits per heavy atom. The first-order valence-electron chi connectivity index (χ1n) is 6.67. The van der Waals surface area contributed by atoms with Gasteiger partial charge in [0, 0.05) is 19.5 Å². The summed E-state index contributed by atoms with van der Waals surface area (Å²) in [5.74, 6) is 0.113. The van der Waals surface area contributed by atoms with Crippen LogP contribution in [-0.2, 0) is 9.59 Å². The molecule has 1 amide bonds. The zero-order chi connectivity index (χ0) is 13.5. The molecule has 104 valence electrons. The van der Waals surface area contributed by atoms with E-state index in [0.717, 1.165) is 31.8 Å². The molecule has 1 heterocycles. The maximum atomic E-state index is 12.0. The molecule has 1 N–H and O–H groups in total. The zero-order valence-electron chi connectivity index (χ0n) is 11.4. The van der Waals surface area contributed by atoms with Crippen molar-refractivity contribution >= 4 is 11.9 Å². The number of likely N-dealkylation sites (N-methyl/N-ethyl adjacent to an activating group) is 1. The van der Waals surface area contributed by atoms with Crippen molar-refractivity contribution in [1.82, 2.24) is 9.80 Å². The highest BCUT2D eigenvalue weighted by molar-refractivity contribution is 5.78. The quantitative estimate of drug-likeness (QED) is 0.771. The Kier molecular flexibility index (Phi) is 6.12. The number of carbonyl (C=O) groups is 2. The molecule has 0 aliphatic carbocycles. The Hall–Kier alpha value is -1.10. The SMILES string of the molecule is CC1CCN(C(=O)CN(C)CCCC(=O)O)CC1. The Labute approximate surface area is 109 Å². The summed E-state index contributed by atoms with van der Waals surface area (Å²) in [6.07, 6.45) is 2.94. The third kappa shape index (κ3) is 5.49. The Morgan fingerprint density at radius 2 is 1.94 bits per heavy atom. The molecule has 5 nitrogen and oxygen atoms in total. The van der Waals surface area contributed by atoms with Crippen molar-refractivity contribution in [1.29, 1.82) is 0 Å². The molecule has 1 rings (SSSR count). The second-order valence-electron chi connectivity index (χ2n) is 5.30. The number of nitrogens with zero attached hydrogens (tertiary/aromatic N) is 2. The largest absolute Gasteiger partial charge is 0.481 e. The first-order valence-corrected chi connectivity index (χ1v) is 6.67. The summed E-state index contributed by atoms with van der Waals surface area (Å²) in [6.45, 7) is 5.00. The van der Waals surface area contributed by atoms with Gasteiger partial charge in [-0.25, -0.2) is 0 Å². The topological polar surface area (TPSA) is 60.9 Å². The number of carbonyl (C=O) groups excluding carboxylic acids is 1. The summed E-state index contributed by atoms with van der Waals surface area (Å²) in [7, 11) is 1.87. The minimum absolute atomic E-state index is 0.166. The average Bonchev–Trinajstić information content (AvgIpc) is 2.29. The third-order valence-corrected chi connectivity index (χ3v) is 3.47. The molecule has 0 aromatic heterocycles. The predicted octanol–water partition coefficient (Wildman–Crippen LogP) is 1.04. The smallest absolute Gasteiger partial charge is 0.303 e. The van der Waals surface area contributed by atoms with E-state index in [-0.39, 0.29) is 12.3 Å². The van der Waals surface area contributed by atoms with Gasteiger partial charge >= 0.3 is 5.97 Å². The van der Waals surface area contributed by atoms with Crippen LogP contribution >= 0.6 is 0 Å². The van der Waals surface area contributed by atoms with Gasteiger partial charge in [0.05, 0.1) is 6.54 Å². The van der Waals surface area contributed by atoms with Gasteiger partial charge in [-0.1, -0.05) is 6.92 Å². The van der Waals surface area contributed by atoms with E-state index in [1.807, 2.05) is 16.8 Å². The highest BCUT2D eigenvalue weighted by Gasteiger charge is 2.20. The normalized spacial score (nSPS) is 17.2. The van der Waals surface area contributed by atoms with E-state index in [4.69, 9.17) is 5.11 Å². The van der Waals surface area contributed by atoms with E-state index in [0.29, 0.717) is 19.5 Å². The van der Waals surface area contributed by atoms with Gasteiger partial charge in [0.15, 0.2) is 0 Å². The number of hydrogen-bond donors (Lipinski definition) is 1. The molecule has 0 aromatic carbocycles. The van der Waals surface area contributed by atoms with Gasteiger partial charge in [0.25, 0.3) is 0 Å². The molecule has 0 aromatic rings. The van der Waals surface area contributed by atoms with Gasteiger partial charge in [-0.05, 0) is 38.8 Å². The minimum atomic E-state index is -0.778. The van der Waals surface area contributed by atoms with Crippen LogP contribution in [0.1, 0.15) is 32.6 Å². The molecule has 1 aliphatic rings. The summed E-state index contributed by atoms with van der Waals surface area (Å²) >= 11 is 0. The molecule has 18 heavy (non-hydrogen) atoms. The highest BCUT2D eigenvalue weighted by Crippen LogP contribution is 2.15. The molecular formula is C13H24N2O3. The van der Waals surface area contributed by atoms with Crippen LogP contribution < -0.4 is 0 Å². The number of carboxylic acids is 1. The van der Waals surface area contributed by atoms with Crippen molar-refractivity contribution in [3.05, 3.63) is 0 Å². The molecule has 0 atom stereocenters. The van der Waals surface area contributed by atoms with Crippen molar-refractivity contribution < 1.29 is 14.7 Å². The summed E-state index contributed by atoms with van der Waals surface area (Å²) < 4.78 is 0. The zero-order valence-corrected chi connectivity index (χ0v) is 11.4. The van der Waals surface area contributed by atoms with Gasteiger partial charge in [-0.15, -0.1) is 0 Å². The lowest BCUT2D eigenvalue weighted by molar-refractivity contribution is -0.137. The van der Waals surface area contributed by atoms with Crippen LogP contribution in [-0.4, -0.2) is 60.0 Å². The average molecular weight is 256 g/mol. The number of carboxylic acid groups (broad SMARTS) is 1. The predicted molar refractivity (Wildman–Crippen MR) is 69.3 cm³/mol. The fourth-order valence-electron chi connectivity index (χ4n) is 2.17. The maximum absolute atomic E-state index is 12.0. The van der Waals surface area contributed by atoms with Crippen molar-refractivity contribution in [3.63, 3.8) is 0 Å². The van der Waals surface area contributed by atoms with E-state index in [1.54, 1.807) is 0 Å². The molecule has 1 aliphatic heterocycles. The molecule has 1 saturated heterocycles. The molecule has 0 unspecified atom stereocenters. The van der Waals surface area contributed by atoms with Crippen LogP contribution in [0.25, 0.3) is 0 Å². The maximum Gasteiger partial charge on any atom is 0.303 e. The van der Waals surface area contributed by atoms with E-state index in [2.05, 4.69) is 6.92 Å². The first kappa shape index (κ1) is 15.0. The third-order valence-electron chi connectivity index (χ3n) is 3.47. The van der Waals surface area contributed by atoms with Gasteiger partial charge in [-0.2, -0.15) is 0 Å². The lowest BCUT2D eigenvalue weighted by atomic mass is 9.99. The first-order chi connectivity index (χ1) is 8.49. The van der Waals surface area contributed by atoms with E-state index < -0.39 is 5.97 Å². The second kappa shape index (κ2) is 7.36. The van der Waals surface area contributed by atoms with Crippen LogP contribution in [0.3, 0.4) is 0 Å². The second-order valence-corrected chi connectivity index (χ2v) is 5.30. The van der Waals surface area contributed by atoms with Crippen LogP contribution in [0.5, 0.6) is 0 Å². The molecule has 5 heteroatoms. The number of amides is 1.